The number of aliphatic hydroxyl groups excluding tert-OH is 1. The predicted octanol–water partition coefficient (Wildman–Crippen LogP) is 5.50. The molecule has 0 bridgehead atoms. The Balaban J connectivity index is 0.000000212. The van der Waals surface area contributed by atoms with Crippen LogP contribution >= 0.6 is 23.5 Å². The van der Waals surface area contributed by atoms with Gasteiger partial charge in [0.05, 0.1) is 23.2 Å². The number of aliphatic carboxylic acids is 2. The summed E-state index contributed by atoms with van der Waals surface area (Å²) >= 11 is 3.35. The molecule has 0 amide bonds. The molecule has 2 fully saturated rings. The lowest BCUT2D eigenvalue weighted by molar-refractivity contribution is -0.143. The highest BCUT2D eigenvalue weighted by atomic mass is 32.2. The molecule has 4 rings (SSSR count). The monoisotopic (exact) mass is 554 g/mol. The minimum absolute atomic E-state index is 0.197. The third-order valence-corrected chi connectivity index (χ3v) is 9.12. The van der Waals surface area contributed by atoms with E-state index in [9.17, 15) is 24.6 Å². The molecule has 2 aliphatic heterocycles. The lowest BCUT2D eigenvalue weighted by Crippen LogP contribution is -2.31. The summed E-state index contributed by atoms with van der Waals surface area (Å²) in [4.78, 5) is 33.8. The first-order valence-corrected chi connectivity index (χ1v) is 14.8. The van der Waals surface area contributed by atoms with Crippen molar-refractivity contribution in [3.8, 4) is 0 Å². The Morgan fingerprint density at radius 1 is 0.974 bits per heavy atom. The fourth-order valence-electron chi connectivity index (χ4n) is 4.04. The summed E-state index contributed by atoms with van der Waals surface area (Å²) in [5.74, 6) is 1.05. The molecule has 6 nitrogen and oxygen atoms in total. The Labute approximate surface area is 232 Å². The Morgan fingerprint density at radius 2 is 1.58 bits per heavy atom. The van der Waals surface area contributed by atoms with Crippen LogP contribution in [-0.4, -0.2) is 62.2 Å². The zero-order chi connectivity index (χ0) is 27.9. The second kappa shape index (κ2) is 13.3. The van der Waals surface area contributed by atoms with Gasteiger partial charge < -0.3 is 15.3 Å². The molecular weight excluding hydrogens is 520 g/mol. The van der Waals surface area contributed by atoms with E-state index in [-0.39, 0.29) is 11.9 Å². The zero-order valence-electron chi connectivity index (χ0n) is 21.8. The molecule has 38 heavy (non-hydrogen) atoms. The van der Waals surface area contributed by atoms with Gasteiger partial charge in [-0.15, -0.1) is 11.8 Å². The number of aliphatic hydroxyl groups is 1. The van der Waals surface area contributed by atoms with E-state index in [1.807, 2.05) is 67.6 Å². The molecule has 2 saturated heterocycles. The Hall–Kier alpha value is -2.81. The molecule has 202 valence electrons. The van der Waals surface area contributed by atoms with Gasteiger partial charge in [0.1, 0.15) is 0 Å². The SMILES string of the molecule is CC(C(=O)O)c1ccc(C=C2CSCC2O)cc1.CCC(C)(C(=O)O)c1ccc(C=C2CSCC2=O)cc1. The molecule has 0 aromatic heterocycles. The maximum absolute atomic E-state index is 11.6. The van der Waals surface area contributed by atoms with Crippen molar-refractivity contribution < 1.29 is 29.7 Å². The highest BCUT2D eigenvalue weighted by Crippen LogP contribution is 2.29. The number of carboxylic acids is 2. The molecule has 3 unspecified atom stereocenters. The molecule has 0 saturated carbocycles. The number of hydrogen-bond acceptors (Lipinski definition) is 6. The smallest absolute Gasteiger partial charge is 0.313 e. The van der Waals surface area contributed by atoms with E-state index >= 15 is 0 Å². The van der Waals surface area contributed by atoms with Gasteiger partial charge in [-0.2, -0.15) is 11.8 Å². The Morgan fingerprint density at radius 3 is 2.05 bits per heavy atom. The van der Waals surface area contributed by atoms with Crippen LogP contribution in [0.4, 0.5) is 0 Å². The standard InChI is InChI=1S/C16H18O3S.C14H16O3S/c1-3-16(2,15(18)19)13-6-4-11(5-7-13)8-12-9-20-10-14(12)17;1-9(14(16)17)11-4-2-10(3-5-11)6-12-7-18-8-13(12)15/h4-8H,3,9-10H2,1-2H3,(H,18,19);2-6,9,13,15H,7-8H2,1H3,(H,16,17). The van der Waals surface area contributed by atoms with Crippen LogP contribution in [0.5, 0.6) is 0 Å². The number of Topliss-reactive ketones (excluding diaryl/α,β-unsaturated/α-hetero) is 1. The molecule has 3 atom stereocenters. The zero-order valence-corrected chi connectivity index (χ0v) is 23.5. The number of thioether (sulfide) groups is 2. The number of ketones is 1. The van der Waals surface area contributed by atoms with Crippen LogP contribution in [-0.2, 0) is 19.8 Å². The number of benzene rings is 2. The minimum Gasteiger partial charge on any atom is -0.481 e. The molecule has 3 N–H and O–H groups in total. The van der Waals surface area contributed by atoms with Crippen molar-refractivity contribution in [2.45, 2.75) is 44.6 Å². The lowest BCUT2D eigenvalue weighted by atomic mass is 9.80. The minimum atomic E-state index is -0.856. The lowest BCUT2D eigenvalue weighted by Gasteiger charge is -2.23. The van der Waals surface area contributed by atoms with Crippen LogP contribution < -0.4 is 0 Å². The summed E-state index contributed by atoms with van der Waals surface area (Å²) in [7, 11) is 0. The summed E-state index contributed by atoms with van der Waals surface area (Å²) in [5, 5.41) is 28.0. The number of hydrogen-bond donors (Lipinski definition) is 3. The van der Waals surface area contributed by atoms with Crippen molar-refractivity contribution in [2.75, 3.05) is 23.0 Å². The van der Waals surface area contributed by atoms with Crippen LogP contribution in [0.15, 0.2) is 59.7 Å². The van der Waals surface area contributed by atoms with E-state index in [1.165, 1.54) is 0 Å². The normalized spacial score (nSPS) is 21.6. The van der Waals surface area contributed by atoms with Gasteiger partial charge in [0.15, 0.2) is 5.78 Å². The van der Waals surface area contributed by atoms with Crippen LogP contribution in [0.1, 0.15) is 55.4 Å². The maximum atomic E-state index is 11.6. The third-order valence-electron chi connectivity index (χ3n) is 7.05. The third kappa shape index (κ3) is 7.40. The van der Waals surface area contributed by atoms with E-state index in [1.54, 1.807) is 37.4 Å². The van der Waals surface area contributed by atoms with Gasteiger partial charge >= 0.3 is 11.9 Å². The molecule has 0 aliphatic carbocycles. The average molecular weight is 555 g/mol. The molecule has 0 radical (unpaired) electrons. The van der Waals surface area contributed by atoms with Crippen molar-refractivity contribution in [1.82, 2.24) is 0 Å². The summed E-state index contributed by atoms with van der Waals surface area (Å²) in [6.07, 6.45) is 4.08. The summed E-state index contributed by atoms with van der Waals surface area (Å²) in [5.41, 5.74) is 4.58. The molecule has 2 aromatic carbocycles. The summed E-state index contributed by atoms with van der Waals surface area (Å²) in [6.45, 7) is 5.28. The van der Waals surface area contributed by atoms with Gasteiger partial charge in [-0.25, -0.2) is 0 Å². The van der Waals surface area contributed by atoms with Crippen molar-refractivity contribution in [2.24, 2.45) is 0 Å². The average Bonchev–Trinajstić information content (AvgIpc) is 3.51. The second-order valence-corrected chi connectivity index (χ2v) is 11.7. The summed E-state index contributed by atoms with van der Waals surface area (Å²) in [6, 6.07) is 14.9. The van der Waals surface area contributed by atoms with Crippen LogP contribution in [0.3, 0.4) is 0 Å². The fourth-order valence-corrected chi connectivity index (χ4v) is 6.05. The molecule has 2 aliphatic rings. The first kappa shape index (κ1) is 29.7. The Bertz CT molecular complexity index is 1220. The van der Waals surface area contributed by atoms with E-state index in [0.29, 0.717) is 12.2 Å². The van der Waals surface area contributed by atoms with E-state index in [0.717, 1.165) is 50.7 Å². The summed E-state index contributed by atoms with van der Waals surface area (Å²) < 4.78 is 0. The Kier molecular flexibility index (Phi) is 10.4. The van der Waals surface area contributed by atoms with E-state index in [2.05, 4.69) is 0 Å². The maximum Gasteiger partial charge on any atom is 0.313 e. The number of carboxylic acid groups (broad SMARTS) is 2. The quantitative estimate of drug-likeness (QED) is 0.385. The highest BCUT2D eigenvalue weighted by molar-refractivity contribution is 8.00. The van der Waals surface area contributed by atoms with Crippen molar-refractivity contribution in [3.63, 3.8) is 0 Å². The first-order valence-electron chi connectivity index (χ1n) is 12.5. The van der Waals surface area contributed by atoms with Gasteiger partial charge in [-0.05, 0) is 54.2 Å². The van der Waals surface area contributed by atoms with Crippen LogP contribution in [0.25, 0.3) is 12.2 Å². The number of carbonyl (C=O) groups excluding carboxylic acids is 1. The van der Waals surface area contributed by atoms with Gasteiger partial charge in [-0.3, -0.25) is 14.4 Å². The number of carbonyl (C=O) groups is 3. The van der Waals surface area contributed by atoms with Crippen LogP contribution in [0, 0.1) is 0 Å². The van der Waals surface area contributed by atoms with Gasteiger partial charge in [0, 0.05) is 22.8 Å². The fraction of sp³-hybridized carbons (Fsp3) is 0.367. The van der Waals surface area contributed by atoms with Crippen LogP contribution in [0.2, 0.25) is 0 Å². The highest BCUT2D eigenvalue weighted by Gasteiger charge is 2.33. The first-order chi connectivity index (χ1) is 18.0. The predicted molar refractivity (Wildman–Crippen MR) is 156 cm³/mol. The van der Waals surface area contributed by atoms with Crippen molar-refractivity contribution in [1.29, 1.82) is 0 Å². The number of rotatable bonds is 7. The second-order valence-electron chi connectivity index (χ2n) is 9.68. The molecule has 2 aromatic rings. The van der Waals surface area contributed by atoms with Gasteiger partial charge in [-0.1, -0.05) is 61.5 Å². The molecule has 8 heteroatoms. The molecule has 0 spiro atoms. The van der Waals surface area contributed by atoms with Crippen molar-refractivity contribution >= 4 is 53.4 Å². The van der Waals surface area contributed by atoms with Gasteiger partial charge in [0.25, 0.3) is 0 Å². The topological polar surface area (TPSA) is 112 Å². The van der Waals surface area contributed by atoms with Crippen molar-refractivity contribution in [3.05, 3.63) is 81.9 Å². The largest absolute Gasteiger partial charge is 0.481 e. The van der Waals surface area contributed by atoms with E-state index in [4.69, 9.17) is 5.11 Å². The molecule has 2 heterocycles. The van der Waals surface area contributed by atoms with Gasteiger partial charge in [0.2, 0.25) is 0 Å². The van der Waals surface area contributed by atoms with E-state index < -0.39 is 23.3 Å². The molecular formula is C30H34O6S2.